The standard InChI is InChI=1S/C11H20O3SSi/c1-10(8-11-6-5-7-15-11)9-16(12-2,13-3)14-4/h5-7,10H,8-9H2,1-4H3. The van der Waals surface area contributed by atoms with Gasteiger partial charge < -0.3 is 13.3 Å². The summed E-state index contributed by atoms with van der Waals surface area (Å²) in [6.45, 7) is 2.21. The van der Waals surface area contributed by atoms with Crippen LogP contribution in [-0.2, 0) is 19.7 Å². The Kier molecular flexibility index (Phi) is 5.64. The average Bonchev–Trinajstić information content (AvgIpc) is 2.79. The second-order valence-corrected chi connectivity index (χ2v) is 7.92. The molecule has 0 aliphatic heterocycles. The van der Waals surface area contributed by atoms with E-state index in [0.717, 1.165) is 12.5 Å². The molecular weight excluding hydrogens is 240 g/mol. The van der Waals surface area contributed by atoms with E-state index >= 15 is 0 Å². The van der Waals surface area contributed by atoms with Gasteiger partial charge in [-0.25, -0.2) is 0 Å². The van der Waals surface area contributed by atoms with Gasteiger partial charge in [0.1, 0.15) is 0 Å². The normalized spacial score (nSPS) is 14.0. The van der Waals surface area contributed by atoms with Crippen molar-refractivity contribution >= 4 is 20.1 Å². The van der Waals surface area contributed by atoms with E-state index in [9.17, 15) is 0 Å². The third-order valence-corrected chi connectivity index (χ3v) is 6.62. The summed E-state index contributed by atoms with van der Waals surface area (Å²) in [7, 11) is 2.58. The van der Waals surface area contributed by atoms with Gasteiger partial charge in [-0.2, -0.15) is 0 Å². The Hall–Kier alpha value is -0.203. The zero-order chi connectivity index (χ0) is 12.0. The first kappa shape index (κ1) is 13.9. The summed E-state index contributed by atoms with van der Waals surface area (Å²) in [5, 5.41) is 2.11. The van der Waals surface area contributed by atoms with Crippen molar-refractivity contribution in [2.75, 3.05) is 21.3 Å². The molecule has 0 radical (unpaired) electrons. The molecule has 3 nitrogen and oxygen atoms in total. The van der Waals surface area contributed by atoms with Crippen LogP contribution in [0.25, 0.3) is 0 Å². The van der Waals surface area contributed by atoms with E-state index in [1.165, 1.54) is 4.88 Å². The maximum atomic E-state index is 5.42. The second kappa shape index (κ2) is 6.51. The maximum absolute atomic E-state index is 5.42. The van der Waals surface area contributed by atoms with Crippen molar-refractivity contribution in [3.05, 3.63) is 22.4 Å². The molecular formula is C11H20O3SSi. The number of thiophene rings is 1. The zero-order valence-corrected chi connectivity index (χ0v) is 12.2. The average molecular weight is 260 g/mol. The van der Waals surface area contributed by atoms with Crippen molar-refractivity contribution in [1.29, 1.82) is 0 Å². The molecule has 1 unspecified atom stereocenters. The van der Waals surface area contributed by atoms with Gasteiger partial charge in [-0.15, -0.1) is 11.3 Å². The van der Waals surface area contributed by atoms with Crippen LogP contribution in [0.15, 0.2) is 17.5 Å². The largest absolute Gasteiger partial charge is 0.500 e. The van der Waals surface area contributed by atoms with E-state index in [1.807, 2.05) is 0 Å². The lowest BCUT2D eigenvalue weighted by molar-refractivity contribution is 0.119. The Bertz CT molecular complexity index is 277. The SMILES string of the molecule is CO[Si](CC(C)Cc1cccs1)(OC)OC. The summed E-state index contributed by atoms with van der Waals surface area (Å²) < 4.78 is 16.3. The molecule has 1 aromatic heterocycles. The second-order valence-electron chi connectivity index (χ2n) is 3.89. The first-order valence-electron chi connectivity index (χ1n) is 5.33. The number of hydrogen-bond donors (Lipinski definition) is 0. The third-order valence-electron chi connectivity index (χ3n) is 2.66. The van der Waals surface area contributed by atoms with Crippen LogP contribution in [0.2, 0.25) is 6.04 Å². The molecule has 0 bridgehead atoms. The highest BCUT2D eigenvalue weighted by Crippen LogP contribution is 2.23. The molecule has 0 amide bonds. The van der Waals surface area contributed by atoms with Crippen LogP contribution in [-0.4, -0.2) is 30.1 Å². The van der Waals surface area contributed by atoms with Gasteiger partial charge in [0.05, 0.1) is 0 Å². The first-order valence-corrected chi connectivity index (χ1v) is 8.14. The van der Waals surface area contributed by atoms with Crippen LogP contribution in [0.1, 0.15) is 11.8 Å². The lowest BCUT2D eigenvalue weighted by Crippen LogP contribution is -2.44. The van der Waals surface area contributed by atoms with Crippen molar-refractivity contribution < 1.29 is 13.3 Å². The van der Waals surface area contributed by atoms with E-state index in [4.69, 9.17) is 13.3 Å². The summed E-state index contributed by atoms with van der Waals surface area (Å²) in [6, 6.07) is 5.10. The fourth-order valence-corrected chi connectivity index (χ4v) is 4.64. The van der Waals surface area contributed by atoms with Crippen molar-refractivity contribution in [2.45, 2.75) is 19.4 Å². The summed E-state index contributed by atoms with van der Waals surface area (Å²) in [6.07, 6.45) is 1.06. The maximum Gasteiger partial charge on any atom is 0.500 e. The fourth-order valence-electron chi connectivity index (χ4n) is 1.77. The van der Waals surface area contributed by atoms with Crippen LogP contribution >= 0.6 is 11.3 Å². The molecule has 0 saturated heterocycles. The van der Waals surface area contributed by atoms with Gasteiger partial charge in [-0.1, -0.05) is 13.0 Å². The smallest absolute Gasteiger partial charge is 0.377 e. The number of rotatable bonds is 7. The first-order chi connectivity index (χ1) is 7.65. The monoisotopic (exact) mass is 260 g/mol. The van der Waals surface area contributed by atoms with Gasteiger partial charge in [0.2, 0.25) is 0 Å². The molecule has 0 spiro atoms. The molecule has 0 fully saturated rings. The van der Waals surface area contributed by atoms with E-state index in [1.54, 1.807) is 32.7 Å². The third kappa shape index (κ3) is 3.67. The summed E-state index contributed by atoms with van der Waals surface area (Å²) in [5.74, 6) is 0.505. The highest BCUT2D eigenvalue weighted by molar-refractivity contribution is 7.09. The van der Waals surface area contributed by atoms with Gasteiger partial charge >= 0.3 is 8.80 Å². The molecule has 1 rings (SSSR count). The quantitative estimate of drug-likeness (QED) is 0.706. The zero-order valence-electron chi connectivity index (χ0n) is 10.4. The van der Waals surface area contributed by atoms with E-state index in [2.05, 4.69) is 24.4 Å². The highest BCUT2D eigenvalue weighted by atomic mass is 32.1. The predicted octanol–water partition coefficient (Wildman–Crippen LogP) is 2.80. The Labute approximate surface area is 103 Å². The summed E-state index contributed by atoms with van der Waals surface area (Å²) in [5.41, 5.74) is 0. The molecule has 0 aliphatic rings. The van der Waals surface area contributed by atoms with Crippen LogP contribution in [0.3, 0.4) is 0 Å². The highest BCUT2D eigenvalue weighted by Gasteiger charge is 2.39. The molecule has 16 heavy (non-hydrogen) atoms. The minimum Gasteiger partial charge on any atom is -0.377 e. The molecule has 92 valence electrons. The molecule has 1 aromatic rings. The van der Waals surface area contributed by atoms with Gasteiger partial charge in [0, 0.05) is 32.3 Å². The van der Waals surface area contributed by atoms with Crippen molar-refractivity contribution in [1.82, 2.24) is 0 Å². The Morgan fingerprint density at radius 3 is 2.31 bits per heavy atom. The van der Waals surface area contributed by atoms with Crippen LogP contribution < -0.4 is 0 Å². The van der Waals surface area contributed by atoms with Gasteiger partial charge in [-0.3, -0.25) is 0 Å². The van der Waals surface area contributed by atoms with E-state index in [0.29, 0.717) is 5.92 Å². The molecule has 1 atom stereocenters. The predicted molar refractivity (Wildman–Crippen MR) is 68.8 cm³/mol. The summed E-state index contributed by atoms with van der Waals surface area (Å²) in [4.78, 5) is 1.40. The molecule has 1 heterocycles. The Morgan fingerprint density at radius 2 is 1.88 bits per heavy atom. The van der Waals surface area contributed by atoms with E-state index in [-0.39, 0.29) is 0 Å². The van der Waals surface area contributed by atoms with Crippen LogP contribution in [0, 0.1) is 5.92 Å². The molecule has 0 aromatic carbocycles. The lowest BCUT2D eigenvalue weighted by atomic mass is 10.1. The van der Waals surface area contributed by atoms with Crippen molar-refractivity contribution in [3.8, 4) is 0 Å². The number of hydrogen-bond acceptors (Lipinski definition) is 4. The Balaban J connectivity index is 2.51. The Morgan fingerprint density at radius 1 is 1.25 bits per heavy atom. The topological polar surface area (TPSA) is 27.7 Å². The van der Waals surface area contributed by atoms with Gasteiger partial charge in [-0.05, 0) is 23.8 Å². The van der Waals surface area contributed by atoms with Crippen molar-refractivity contribution in [2.24, 2.45) is 5.92 Å². The molecule has 5 heteroatoms. The fraction of sp³-hybridized carbons (Fsp3) is 0.636. The van der Waals surface area contributed by atoms with Crippen LogP contribution in [0.4, 0.5) is 0 Å². The molecule has 0 aliphatic carbocycles. The van der Waals surface area contributed by atoms with Gasteiger partial charge in [0.25, 0.3) is 0 Å². The van der Waals surface area contributed by atoms with Crippen LogP contribution in [0.5, 0.6) is 0 Å². The minimum absolute atomic E-state index is 0.505. The molecule has 0 saturated carbocycles. The summed E-state index contributed by atoms with van der Waals surface area (Å²) >= 11 is 1.79. The minimum atomic E-state index is -2.41. The van der Waals surface area contributed by atoms with Crippen molar-refractivity contribution in [3.63, 3.8) is 0 Å². The van der Waals surface area contributed by atoms with E-state index < -0.39 is 8.80 Å². The van der Waals surface area contributed by atoms with Gasteiger partial charge in [0.15, 0.2) is 0 Å². The molecule has 0 N–H and O–H groups in total. The lowest BCUT2D eigenvalue weighted by Gasteiger charge is -2.26.